The van der Waals surface area contributed by atoms with Crippen molar-refractivity contribution in [2.75, 3.05) is 18.4 Å². The number of fused-ring (bicyclic) bond motifs is 1. The molecule has 0 saturated heterocycles. The van der Waals surface area contributed by atoms with Gasteiger partial charge < -0.3 is 5.32 Å². The summed E-state index contributed by atoms with van der Waals surface area (Å²) in [6.07, 6.45) is 0.932. The van der Waals surface area contributed by atoms with Crippen molar-refractivity contribution in [3.8, 4) is 0 Å². The van der Waals surface area contributed by atoms with Crippen molar-refractivity contribution in [1.29, 1.82) is 0 Å². The molecule has 0 fully saturated rings. The van der Waals surface area contributed by atoms with Gasteiger partial charge in [-0.3, -0.25) is 19.8 Å². The fourth-order valence-corrected chi connectivity index (χ4v) is 3.65. The van der Waals surface area contributed by atoms with Crippen molar-refractivity contribution in [3.63, 3.8) is 0 Å². The first kappa shape index (κ1) is 15.9. The van der Waals surface area contributed by atoms with Crippen LogP contribution >= 0.6 is 22.9 Å². The Balaban J connectivity index is 1.65. The lowest BCUT2D eigenvalue weighted by Crippen LogP contribution is -2.36. The Hall–Kier alpha value is -1.96. The van der Waals surface area contributed by atoms with Crippen LogP contribution in [0.4, 0.5) is 11.4 Å². The predicted octanol–water partition coefficient (Wildman–Crippen LogP) is 3.31. The molecule has 1 amide bonds. The lowest BCUT2D eigenvalue weighted by molar-refractivity contribution is -0.383. The van der Waals surface area contributed by atoms with Gasteiger partial charge in [0.05, 0.1) is 11.5 Å². The molecule has 8 heteroatoms. The monoisotopic (exact) mass is 351 g/mol. The summed E-state index contributed by atoms with van der Waals surface area (Å²) in [5.74, 6) is -0.269. The highest BCUT2D eigenvalue weighted by atomic mass is 35.5. The highest BCUT2D eigenvalue weighted by molar-refractivity contribution is 7.10. The van der Waals surface area contributed by atoms with Crippen molar-refractivity contribution >= 4 is 40.2 Å². The summed E-state index contributed by atoms with van der Waals surface area (Å²) in [6, 6.07) is 6.28. The van der Waals surface area contributed by atoms with Gasteiger partial charge in [-0.2, -0.15) is 0 Å². The molecule has 2 aromatic rings. The highest BCUT2D eigenvalue weighted by Crippen LogP contribution is 2.28. The van der Waals surface area contributed by atoms with Crippen LogP contribution in [-0.4, -0.2) is 28.8 Å². The second-order valence-electron chi connectivity index (χ2n) is 5.30. The molecular weight excluding hydrogens is 338 g/mol. The Bertz CT molecular complexity index is 762. The molecule has 1 aromatic carbocycles. The van der Waals surface area contributed by atoms with Crippen molar-refractivity contribution in [3.05, 3.63) is 55.2 Å². The zero-order valence-corrected chi connectivity index (χ0v) is 13.7. The quantitative estimate of drug-likeness (QED) is 0.677. The average molecular weight is 352 g/mol. The molecule has 0 radical (unpaired) electrons. The Morgan fingerprint density at radius 2 is 2.26 bits per heavy atom. The predicted molar refractivity (Wildman–Crippen MR) is 90.0 cm³/mol. The molecule has 1 N–H and O–H groups in total. The minimum atomic E-state index is -0.556. The van der Waals surface area contributed by atoms with E-state index in [9.17, 15) is 14.9 Å². The van der Waals surface area contributed by atoms with E-state index >= 15 is 0 Å². The summed E-state index contributed by atoms with van der Waals surface area (Å²) < 4.78 is 0. The normalized spacial score (nSPS) is 14.3. The summed E-state index contributed by atoms with van der Waals surface area (Å²) in [6.45, 7) is 1.74. The van der Waals surface area contributed by atoms with Gasteiger partial charge in [-0.15, -0.1) is 11.3 Å². The zero-order chi connectivity index (χ0) is 16.4. The molecule has 1 aliphatic heterocycles. The van der Waals surface area contributed by atoms with Crippen LogP contribution in [-0.2, 0) is 17.8 Å². The summed E-state index contributed by atoms with van der Waals surface area (Å²) in [5, 5.41) is 16.0. The summed E-state index contributed by atoms with van der Waals surface area (Å²) in [7, 11) is 0. The molecule has 120 valence electrons. The second-order valence-corrected chi connectivity index (χ2v) is 6.73. The molecule has 0 saturated carbocycles. The van der Waals surface area contributed by atoms with Crippen LogP contribution < -0.4 is 5.32 Å². The van der Waals surface area contributed by atoms with Crippen molar-refractivity contribution in [2.45, 2.75) is 13.0 Å². The van der Waals surface area contributed by atoms with Crippen molar-refractivity contribution in [1.82, 2.24) is 4.90 Å². The van der Waals surface area contributed by atoms with Gasteiger partial charge >= 0.3 is 0 Å². The lowest BCUT2D eigenvalue weighted by Gasteiger charge is -2.26. The van der Waals surface area contributed by atoms with Crippen LogP contribution in [0.1, 0.15) is 10.4 Å². The van der Waals surface area contributed by atoms with E-state index < -0.39 is 4.92 Å². The first-order chi connectivity index (χ1) is 11.0. The summed E-state index contributed by atoms with van der Waals surface area (Å²) in [4.78, 5) is 26.1. The van der Waals surface area contributed by atoms with Gasteiger partial charge in [0.1, 0.15) is 5.69 Å². The minimum absolute atomic E-state index is 0.164. The molecule has 2 heterocycles. The number of nitrogens with one attached hydrogen (secondary N) is 1. The SMILES string of the molecule is O=C(CN1CCc2sccc2C1)Nc1ccc(Cl)cc1[N+](=O)[O-]. The van der Waals surface area contributed by atoms with Gasteiger partial charge in [-0.25, -0.2) is 0 Å². The second kappa shape index (κ2) is 6.66. The van der Waals surface area contributed by atoms with Gasteiger partial charge in [0.2, 0.25) is 5.91 Å². The van der Waals surface area contributed by atoms with Crippen LogP contribution in [0.2, 0.25) is 5.02 Å². The standard InChI is InChI=1S/C15H14ClN3O3S/c16-11-1-2-12(13(7-11)19(21)22)17-15(20)9-18-5-3-14-10(8-18)4-6-23-14/h1-2,4,6-7H,3,5,8-9H2,(H,17,20). The number of nitro groups is 1. The maximum absolute atomic E-state index is 12.2. The molecule has 6 nitrogen and oxygen atoms in total. The molecule has 23 heavy (non-hydrogen) atoms. The van der Waals surface area contributed by atoms with E-state index in [1.165, 1.54) is 28.6 Å². The van der Waals surface area contributed by atoms with E-state index in [0.29, 0.717) is 0 Å². The average Bonchev–Trinajstić information content (AvgIpc) is 2.96. The van der Waals surface area contributed by atoms with E-state index in [0.717, 1.165) is 19.5 Å². The third-order valence-corrected chi connectivity index (χ3v) is 4.94. The van der Waals surface area contributed by atoms with Gasteiger partial charge in [-0.05, 0) is 35.6 Å². The number of thiophene rings is 1. The number of rotatable bonds is 4. The van der Waals surface area contributed by atoms with Gasteiger partial charge in [-0.1, -0.05) is 11.6 Å². The highest BCUT2D eigenvalue weighted by Gasteiger charge is 2.21. The molecule has 3 rings (SSSR count). The molecule has 1 aliphatic rings. The van der Waals surface area contributed by atoms with E-state index in [-0.39, 0.29) is 28.8 Å². The number of nitrogens with zero attached hydrogens (tertiary/aromatic N) is 2. The number of anilines is 1. The van der Waals surface area contributed by atoms with Gasteiger partial charge in [0, 0.05) is 29.1 Å². The van der Waals surface area contributed by atoms with E-state index in [4.69, 9.17) is 11.6 Å². The topological polar surface area (TPSA) is 75.5 Å². The number of halogens is 1. The van der Waals surface area contributed by atoms with Crippen LogP contribution in [0.15, 0.2) is 29.6 Å². The lowest BCUT2D eigenvalue weighted by atomic mass is 10.1. The number of benzene rings is 1. The van der Waals surface area contributed by atoms with E-state index in [1.807, 2.05) is 4.90 Å². The largest absolute Gasteiger partial charge is 0.319 e. The number of hydrogen-bond acceptors (Lipinski definition) is 5. The molecule has 0 unspecified atom stereocenters. The smallest absolute Gasteiger partial charge is 0.294 e. The van der Waals surface area contributed by atoms with Gasteiger partial charge in [0.15, 0.2) is 0 Å². The zero-order valence-electron chi connectivity index (χ0n) is 12.1. The first-order valence-electron chi connectivity index (χ1n) is 7.04. The Labute approximate surface area is 141 Å². The Morgan fingerprint density at radius 3 is 3.04 bits per heavy atom. The van der Waals surface area contributed by atoms with Crippen LogP contribution in [0.25, 0.3) is 0 Å². The molecule has 0 spiro atoms. The van der Waals surface area contributed by atoms with Crippen LogP contribution in [0.5, 0.6) is 0 Å². The summed E-state index contributed by atoms with van der Waals surface area (Å²) >= 11 is 7.51. The summed E-state index contributed by atoms with van der Waals surface area (Å²) in [5.41, 5.74) is 1.22. The van der Waals surface area contributed by atoms with Crippen molar-refractivity contribution in [2.24, 2.45) is 0 Å². The number of carbonyl (C=O) groups excluding carboxylic acids is 1. The Kier molecular flexibility index (Phi) is 4.61. The first-order valence-corrected chi connectivity index (χ1v) is 8.30. The number of hydrogen-bond donors (Lipinski definition) is 1. The van der Waals surface area contributed by atoms with E-state index in [1.54, 1.807) is 11.3 Å². The van der Waals surface area contributed by atoms with Gasteiger partial charge in [0.25, 0.3) is 5.69 Å². The number of carbonyl (C=O) groups is 1. The number of nitro benzene ring substituents is 1. The fourth-order valence-electron chi connectivity index (χ4n) is 2.60. The van der Waals surface area contributed by atoms with E-state index in [2.05, 4.69) is 16.8 Å². The third-order valence-electron chi connectivity index (χ3n) is 3.68. The number of amides is 1. The Morgan fingerprint density at radius 1 is 1.43 bits per heavy atom. The maximum Gasteiger partial charge on any atom is 0.294 e. The minimum Gasteiger partial charge on any atom is -0.319 e. The van der Waals surface area contributed by atoms with Crippen molar-refractivity contribution < 1.29 is 9.72 Å². The molecule has 0 bridgehead atoms. The molecule has 0 atom stereocenters. The van der Waals surface area contributed by atoms with Crippen LogP contribution in [0, 0.1) is 10.1 Å². The third kappa shape index (κ3) is 3.69. The maximum atomic E-state index is 12.2. The molecule has 1 aromatic heterocycles. The molecular formula is C15H14ClN3O3S. The fraction of sp³-hybridized carbons (Fsp3) is 0.267. The molecule has 0 aliphatic carbocycles. The van der Waals surface area contributed by atoms with Crippen LogP contribution in [0.3, 0.4) is 0 Å².